The Balaban J connectivity index is 1.92. The van der Waals surface area contributed by atoms with E-state index in [0.29, 0.717) is 6.54 Å². The Bertz CT molecular complexity index is 400. The van der Waals surface area contributed by atoms with Crippen LogP contribution in [0.25, 0.3) is 0 Å². The standard InChI is InChI=1S/C15H26N2O3S/c1-15(2)5-3-4-11(9-15)16-14(20)17-6-7-21-10-12(17)8-13(18)19/h11-12H,3-10H2,1-2H3,(H,16,20)(H,18,19). The van der Waals surface area contributed by atoms with E-state index in [1.165, 1.54) is 6.42 Å². The zero-order valence-electron chi connectivity index (χ0n) is 12.9. The highest BCUT2D eigenvalue weighted by Gasteiger charge is 2.33. The first-order valence-corrected chi connectivity index (χ1v) is 8.89. The highest BCUT2D eigenvalue weighted by Crippen LogP contribution is 2.35. The van der Waals surface area contributed by atoms with Crippen LogP contribution in [0, 0.1) is 5.41 Å². The van der Waals surface area contributed by atoms with Crippen LogP contribution < -0.4 is 5.32 Å². The third-order valence-electron chi connectivity index (χ3n) is 4.43. The third-order valence-corrected chi connectivity index (χ3v) is 5.52. The van der Waals surface area contributed by atoms with E-state index >= 15 is 0 Å². The summed E-state index contributed by atoms with van der Waals surface area (Å²) in [7, 11) is 0. The predicted molar refractivity (Wildman–Crippen MR) is 84.6 cm³/mol. The average molecular weight is 314 g/mol. The van der Waals surface area contributed by atoms with Crippen LogP contribution in [0.2, 0.25) is 0 Å². The van der Waals surface area contributed by atoms with Gasteiger partial charge in [-0.1, -0.05) is 20.3 Å². The molecule has 1 heterocycles. The summed E-state index contributed by atoms with van der Waals surface area (Å²) in [4.78, 5) is 25.2. The van der Waals surface area contributed by atoms with Crippen molar-refractivity contribution in [2.75, 3.05) is 18.1 Å². The number of carbonyl (C=O) groups is 2. The summed E-state index contributed by atoms with van der Waals surface area (Å²) in [5.74, 6) is 0.773. The van der Waals surface area contributed by atoms with Crippen LogP contribution in [0.1, 0.15) is 46.0 Å². The molecule has 1 aliphatic heterocycles. The smallest absolute Gasteiger partial charge is 0.317 e. The summed E-state index contributed by atoms with van der Waals surface area (Å²) >= 11 is 1.73. The van der Waals surface area contributed by atoms with Gasteiger partial charge in [0.15, 0.2) is 0 Å². The molecule has 120 valence electrons. The number of urea groups is 1. The van der Waals surface area contributed by atoms with E-state index in [1.807, 2.05) is 0 Å². The molecule has 2 fully saturated rings. The molecule has 2 N–H and O–H groups in total. The summed E-state index contributed by atoms with van der Waals surface area (Å²) in [6.45, 7) is 5.14. The monoisotopic (exact) mass is 314 g/mol. The lowest BCUT2D eigenvalue weighted by atomic mass is 9.75. The van der Waals surface area contributed by atoms with Crippen molar-refractivity contribution < 1.29 is 14.7 Å². The van der Waals surface area contributed by atoms with E-state index in [-0.39, 0.29) is 30.0 Å². The summed E-state index contributed by atoms with van der Waals surface area (Å²) in [6, 6.07) is -0.0385. The second kappa shape index (κ2) is 6.90. The Morgan fingerprint density at radius 1 is 1.43 bits per heavy atom. The van der Waals surface area contributed by atoms with Gasteiger partial charge in [-0.25, -0.2) is 4.79 Å². The maximum absolute atomic E-state index is 12.5. The molecule has 21 heavy (non-hydrogen) atoms. The molecule has 2 rings (SSSR count). The molecule has 1 saturated heterocycles. The number of hydrogen-bond donors (Lipinski definition) is 2. The molecule has 0 bridgehead atoms. The number of carboxylic acids is 1. The highest BCUT2D eigenvalue weighted by atomic mass is 32.2. The van der Waals surface area contributed by atoms with Gasteiger partial charge in [0, 0.05) is 24.1 Å². The fourth-order valence-corrected chi connectivity index (χ4v) is 4.43. The molecule has 0 aromatic carbocycles. The van der Waals surface area contributed by atoms with Crippen LogP contribution in [0.15, 0.2) is 0 Å². The van der Waals surface area contributed by atoms with Gasteiger partial charge in [-0.2, -0.15) is 11.8 Å². The van der Waals surface area contributed by atoms with E-state index in [0.717, 1.165) is 30.8 Å². The second-order valence-corrected chi connectivity index (χ2v) is 8.08. The minimum absolute atomic E-state index is 0.0383. The lowest BCUT2D eigenvalue weighted by Crippen LogP contribution is -2.54. The first-order chi connectivity index (χ1) is 9.87. The van der Waals surface area contributed by atoms with Crippen molar-refractivity contribution in [2.45, 2.75) is 58.0 Å². The minimum atomic E-state index is -0.834. The van der Waals surface area contributed by atoms with Gasteiger partial charge in [-0.15, -0.1) is 0 Å². The normalized spacial score (nSPS) is 29.0. The molecule has 5 nitrogen and oxygen atoms in total. The van der Waals surface area contributed by atoms with Crippen molar-refractivity contribution in [3.8, 4) is 0 Å². The highest BCUT2D eigenvalue weighted by molar-refractivity contribution is 7.99. The number of carboxylic acid groups (broad SMARTS) is 1. The van der Waals surface area contributed by atoms with Crippen LogP contribution in [-0.2, 0) is 4.79 Å². The first-order valence-electron chi connectivity index (χ1n) is 7.74. The molecule has 0 radical (unpaired) electrons. The molecule has 6 heteroatoms. The zero-order chi connectivity index (χ0) is 15.5. The minimum Gasteiger partial charge on any atom is -0.481 e. The fourth-order valence-electron chi connectivity index (χ4n) is 3.37. The number of nitrogens with zero attached hydrogens (tertiary/aromatic N) is 1. The number of carbonyl (C=O) groups excluding carboxylic acids is 1. The second-order valence-electron chi connectivity index (χ2n) is 6.93. The predicted octanol–water partition coefficient (Wildman–Crippen LogP) is 2.56. The van der Waals surface area contributed by atoms with Gasteiger partial charge in [0.25, 0.3) is 0 Å². The Morgan fingerprint density at radius 2 is 2.19 bits per heavy atom. The first kappa shape index (κ1) is 16.5. The van der Waals surface area contributed by atoms with E-state index < -0.39 is 5.97 Å². The summed E-state index contributed by atoms with van der Waals surface area (Å²) in [6.07, 6.45) is 4.43. The Hall–Kier alpha value is -0.910. The number of thioether (sulfide) groups is 1. The van der Waals surface area contributed by atoms with E-state index in [2.05, 4.69) is 19.2 Å². The maximum Gasteiger partial charge on any atom is 0.317 e. The molecule has 2 aliphatic rings. The van der Waals surface area contributed by atoms with Gasteiger partial charge in [0.1, 0.15) is 0 Å². The number of hydrogen-bond acceptors (Lipinski definition) is 3. The topological polar surface area (TPSA) is 69.6 Å². The maximum atomic E-state index is 12.5. The molecule has 0 spiro atoms. The zero-order valence-corrected chi connectivity index (χ0v) is 13.7. The number of amides is 2. The third kappa shape index (κ3) is 4.80. The summed E-state index contributed by atoms with van der Waals surface area (Å²) < 4.78 is 0. The van der Waals surface area contributed by atoms with Gasteiger partial charge in [-0.05, 0) is 24.7 Å². The van der Waals surface area contributed by atoms with E-state index in [4.69, 9.17) is 5.11 Å². The van der Waals surface area contributed by atoms with Crippen molar-refractivity contribution in [2.24, 2.45) is 5.41 Å². The molecule has 2 atom stereocenters. The summed E-state index contributed by atoms with van der Waals surface area (Å²) in [5.41, 5.74) is 0.286. The lowest BCUT2D eigenvalue weighted by Gasteiger charge is -2.39. The Labute approximate surface area is 130 Å². The molecule has 2 amide bonds. The van der Waals surface area contributed by atoms with Gasteiger partial charge >= 0.3 is 12.0 Å². The van der Waals surface area contributed by atoms with Crippen molar-refractivity contribution >= 4 is 23.8 Å². The van der Waals surface area contributed by atoms with Crippen molar-refractivity contribution in [3.05, 3.63) is 0 Å². The van der Waals surface area contributed by atoms with Gasteiger partial charge in [0.2, 0.25) is 0 Å². The number of aliphatic carboxylic acids is 1. The molecular weight excluding hydrogens is 288 g/mol. The molecule has 1 saturated carbocycles. The molecule has 1 aliphatic carbocycles. The van der Waals surface area contributed by atoms with Gasteiger partial charge < -0.3 is 15.3 Å². The Kier molecular flexibility index (Phi) is 5.41. The van der Waals surface area contributed by atoms with Crippen LogP contribution in [0.5, 0.6) is 0 Å². The number of rotatable bonds is 3. The molecule has 0 aromatic heterocycles. The van der Waals surface area contributed by atoms with Gasteiger partial charge in [0.05, 0.1) is 12.5 Å². The number of nitrogens with one attached hydrogen (secondary N) is 1. The van der Waals surface area contributed by atoms with E-state index in [1.54, 1.807) is 16.7 Å². The quantitative estimate of drug-likeness (QED) is 0.840. The van der Waals surface area contributed by atoms with E-state index in [9.17, 15) is 9.59 Å². The van der Waals surface area contributed by atoms with Crippen molar-refractivity contribution in [3.63, 3.8) is 0 Å². The average Bonchev–Trinajstić information content (AvgIpc) is 2.37. The lowest BCUT2D eigenvalue weighted by molar-refractivity contribution is -0.138. The van der Waals surface area contributed by atoms with Crippen molar-refractivity contribution in [1.29, 1.82) is 0 Å². The van der Waals surface area contributed by atoms with Crippen LogP contribution >= 0.6 is 11.8 Å². The van der Waals surface area contributed by atoms with Crippen LogP contribution in [0.3, 0.4) is 0 Å². The molecule has 0 aromatic rings. The largest absolute Gasteiger partial charge is 0.481 e. The fraction of sp³-hybridized carbons (Fsp3) is 0.867. The molecular formula is C15H26N2O3S. The SMILES string of the molecule is CC1(C)CCCC(NC(=O)N2CCSCC2CC(=O)O)C1. The summed E-state index contributed by atoms with van der Waals surface area (Å²) in [5, 5.41) is 12.1. The Morgan fingerprint density at radius 3 is 2.86 bits per heavy atom. The van der Waals surface area contributed by atoms with Crippen molar-refractivity contribution in [1.82, 2.24) is 10.2 Å². The van der Waals surface area contributed by atoms with Crippen LogP contribution in [0.4, 0.5) is 4.79 Å². The van der Waals surface area contributed by atoms with Crippen LogP contribution in [-0.4, -0.2) is 52.1 Å². The van der Waals surface area contributed by atoms with Gasteiger partial charge in [-0.3, -0.25) is 4.79 Å². The molecule has 2 unspecified atom stereocenters.